The van der Waals surface area contributed by atoms with Crippen LogP contribution in [0.5, 0.6) is 5.75 Å². The fraction of sp³-hybridized carbons (Fsp3) is 0.0833. The summed E-state index contributed by atoms with van der Waals surface area (Å²) < 4.78 is 7.80. The molecule has 0 aliphatic rings. The molecule has 4 rings (SSSR count). The second kappa shape index (κ2) is 10.4. The number of nitro groups is 1. The van der Waals surface area contributed by atoms with Gasteiger partial charge in [0.25, 0.3) is 5.56 Å². The van der Waals surface area contributed by atoms with Crippen molar-refractivity contribution in [2.45, 2.75) is 13.5 Å². The molecule has 36 heavy (non-hydrogen) atoms. The Morgan fingerprint density at radius 1 is 1.22 bits per heavy atom. The average molecular weight is 616 g/mol. The number of nitrogens with zero attached hydrogens (tertiary/aromatic N) is 4. The Balaban J connectivity index is 1.66. The second-order valence-corrected chi connectivity index (χ2v) is 9.35. The first kappa shape index (κ1) is 25.2. The Morgan fingerprint density at radius 3 is 2.72 bits per heavy atom. The number of rotatable bonds is 7. The van der Waals surface area contributed by atoms with Gasteiger partial charge in [0, 0.05) is 16.1 Å². The molecule has 0 atom stereocenters. The molecule has 1 aromatic heterocycles. The number of carboxylic acid groups (broad SMARTS) is 1. The van der Waals surface area contributed by atoms with Gasteiger partial charge in [0.15, 0.2) is 0 Å². The van der Waals surface area contributed by atoms with Crippen molar-refractivity contribution in [1.29, 1.82) is 0 Å². The third-order valence-electron chi connectivity index (χ3n) is 5.09. The largest absolute Gasteiger partial charge is 0.481 e. The quantitative estimate of drug-likeness (QED) is 0.169. The van der Waals surface area contributed by atoms with Gasteiger partial charge in [-0.05, 0) is 64.8 Å². The van der Waals surface area contributed by atoms with E-state index in [-0.39, 0.29) is 33.6 Å². The Labute approximate surface area is 220 Å². The molecule has 0 saturated carbocycles. The highest BCUT2D eigenvalue weighted by molar-refractivity contribution is 9.10. The van der Waals surface area contributed by atoms with Crippen molar-refractivity contribution in [2.75, 3.05) is 0 Å². The lowest BCUT2D eigenvalue weighted by Gasteiger charge is -2.10. The summed E-state index contributed by atoms with van der Waals surface area (Å²) >= 11 is 6.64. The van der Waals surface area contributed by atoms with E-state index < -0.39 is 10.9 Å². The van der Waals surface area contributed by atoms with Gasteiger partial charge in [0.05, 0.1) is 32.1 Å². The van der Waals surface area contributed by atoms with Crippen LogP contribution >= 0.6 is 31.9 Å². The minimum absolute atomic E-state index is 0.0246. The monoisotopic (exact) mass is 614 g/mol. The minimum atomic E-state index is -1.09. The maximum atomic E-state index is 12.9. The van der Waals surface area contributed by atoms with E-state index in [2.05, 4.69) is 41.9 Å². The summed E-state index contributed by atoms with van der Waals surface area (Å²) in [5, 5.41) is 25.5. The van der Waals surface area contributed by atoms with Gasteiger partial charge in [-0.1, -0.05) is 28.1 Å². The predicted molar refractivity (Wildman–Crippen MR) is 140 cm³/mol. The van der Waals surface area contributed by atoms with E-state index in [0.717, 1.165) is 9.15 Å². The minimum Gasteiger partial charge on any atom is -0.481 e. The third-order valence-corrected chi connectivity index (χ3v) is 6.17. The summed E-state index contributed by atoms with van der Waals surface area (Å²) in [6.45, 7) is 1.55. The highest BCUT2D eigenvalue weighted by atomic mass is 79.9. The van der Waals surface area contributed by atoms with Gasteiger partial charge in [0.1, 0.15) is 12.4 Å². The first-order chi connectivity index (χ1) is 17.1. The van der Waals surface area contributed by atoms with Gasteiger partial charge in [-0.15, -0.1) is 0 Å². The van der Waals surface area contributed by atoms with Crippen LogP contribution in [0.25, 0.3) is 10.9 Å². The van der Waals surface area contributed by atoms with E-state index in [4.69, 9.17) is 9.84 Å². The van der Waals surface area contributed by atoms with Crippen LogP contribution in [0.1, 0.15) is 27.3 Å². The molecule has 0 aliphatic heterocycles. The molecule has 0 saturated heterocycles. The number of benzene rings is 3. The van der Waals surface area contributed by atoms with Gasteiger partial charge in [0.2, 0.25) is 5.75 Å². The van der Waals surface area contributed by atoms with Crippen LogP contribution in [-0.4, -0.2) is 31.9 Å². The highest BCUT2D eigenvalue weighted by Crippen LogP contribution is 2.36. The van der Waals surface area contributed by atoms with Crippen molar-refractivity contribution in [3.05, 3.63) is 107 Å². The standard InChI is InChI=1S/C24H16Br2N4O6/c1-13-28-20-6-5-17(25)10-18(20)23(31)29(13)27-11-15-8-19(26)22(21(9-15)30(34)35)36-12-14-3-2-4-16(7-14)24(32)33/h2-11H,12H2,1H3,(H,32,33). The molecule has 4 aromatic rings. The summed E-state index contributed by atoms with van der Waals surface area (Å²) in [5.74, 6) is -0.761. The summed E-state index contributed by atoms with van der Waals surface area (Å²) in [5.41, 5.74) is 0.775. The van der Waals surface area contributed by atoms with Crippen LogP contribution < -0.4 is 10.3 Å². The molecule has 0 bridgehead atoms. The average Bonchev–Trinajstić information content (AvgIpc) is 2.83. The van der Waals surface area contributed by atoms with E-state index in [9.17, 15) is 19.7 Å². The number of carboxylic acids is 1. The summed E-state index contributed by atoms with van der Waals surface area (Å²) in [7, 11) is 0. The van der Waals surface area contributed by atoms with Crippen molar-refractivity contribution in [1.82, 2.24) is 9.66 Å². The Kier molecular flexibility index (Phi) is 7.27. The van der Waals surface area contributed by atoms with Gasteiger partial charge < -0.3 is 9.84 Å². The normalized spacial score (nSPS) is 11.2. The zero-order valence-corrected chi connectivity index (χ0v) is 21.7. The number of hydrogen-bond acceptors (Lipinski definition) is 7. The second-order valence-electron chi connectivity index (χ2n) is 7.58. The summed E-state index contributed by atoms with van der Waals surface area (Å²) in [6, 6.07) is 14.1. The lowest BCUT2D eigenvalue weighted by molar-refractivity contribution is -0.386. The topological polar surface area (TPSA) is 137 Å². The number of hydrogen-bond donors (Lipinski definition) is 1. The molecule has 0 unspecified atom stereocenters. The van der Waals surface area contributed by atoms with Crippen molar-refractivity contribution >= 4 is 60.6 Å². The fourth-order valence-corrected chi connectivity index (χ4v) is 4.37. The number of aryl methyl sites for hydroxylation is 1. The van der Waals surface area contributed by atoms with E-state index in [1.165, 1.54) is 24.4 Å². The zero-order chi connectivity index (χ0) is 26.0. The number of aromatic carboxylic acids is 1. The van der Waals surface area contributed by atoms with Gasteiger partial charge in [-0.25, -0.2) is 9.78 Å². The Hall–Kier alpha value is -3.90. The smallest absolute Gasteiger partial charge is 0.335 e. The van der Waals surface area contributed by atoms with Crippen LogP contribution in [0.15, 0.2) is 73.4 Å². The van der Waals surface area contributed by atoms with E-state index >= 15 is 0 Å². The van der Waals surface area contributed by atoms with Gasteiger partial charge in [-0.2, -0.15) is 9.78 Å². The van der Waals surface area contributed by atoms with E-state index in [0.29, 0.717) is 27.9 Å². The van der Waals surface area contributed by atoms with Gasteiger partial charge in [-0.3, -0.25) is 14.9 Å². The predicted octanol–water partition coefficient (Wildman–Crippen LogP) is 5.30. The molecule has 1 N–H and O–H groups in total. The molecular weight excluding hydrogens is 600 g/mol. The van der Waals surface area contributed by atoms with Crippen LogP contribution in [0.4, 0.5) is 5.69 Å². The number of fused-ring (bicyclic) bond motifs is 1. The molecule has 12 heteroatoms. The van der Waals surface area contributed by atoms with E-state index in [1.54, 1.807) is 43.3 Å². The lowest BCUT2D eigenvalue weighted by atomic mass is 10.1. The molecule has 0 amide bonds. The number of halogens is 2. The number of nitro benzene ring substituents is 1. The molecule has 182 valence electrons. The SMILES string of the molecule is Cc1nc2ccc(Br)cc2c(=O)n1N=Cc1cc(Br)c(OCc2cccc(C(=O)O)c2)c([N+](=O)[O-])c1. The van der Waals surface area contributed by atoms with Crippen LogP contribution in [0.2, 0.25) is 0 Å². The molecule has 3 aromatic carbocycles. The first-order valence-corrected chi connectivity index (χ1v) is 11.9. The molecular formula is C24H16Br2N4O6. The molecule has 10 nitrogen and oxygen atoms in total. The van der Waals surface area contributed by atoms with Gasteiger partial charge >= 0.3 is 11.7 Å². The zero-order valence-electron chi connectivity index (χ0n) is 18.5. The first-order valence-electron chi connectivity index (χ1n) is 10.3. The number of ether oxygens (including phenoxy) is 1. The highest BCUT2D eigenvalue weighted by Gasteiger charge is 2.20. The Morgan fingerprint density at radius 2 is 2.00 bits per heavy atom. The van der Waals surface area contributed by atoms with E-state index in [1.807, 2.05) is 0 Å². The van der Waals surface area contributed by atoms with Crippen LogP contribution in [0.3, 0.4) is 0 Å². The molecule has 0 radical (unpaired) electrons. The molecule has 0 fully saturated rings. The maximum Gasteiger partial charge on any atom is 0.335 e. The fourth-order valence-electron chi connectivity index (χ4n) is 3.42. The molecule has 1 heterocycles. The van der Waals surface area contributed by atoms with Crippen LogP contribution in [-0.2, 0) is 6.61 Å². The van der Waals surface area contributed by atoms with Crippen LogP contribution in [0, 0.1) is 17.0 Å². The number of carbonyl (C=O) groups is 1. The third kappa shape index (κ3) is 5.34. The Bertz CT molecular complexity index is 1620. The maximum absolute atomic E-state index is 12.9. The van der Waals surface area contributed by atoms with Crippen molar-refractivity contribution in [3.8, 4) is 5.75 Å². The van der Waals surface area contributed by atoms with Crippen molar-refractivity contribution in [3.63, 3.8) is 0 Å². The summed E-state index contributed by atoms with van der Waals surface area (Å²) in [4.78, 5) is 39.6. The molecule has 0 aliphatic carbocycles. The van der Waals surface area contributed by atoms with Crippen molar-refractivity contribution < 1.29 is 19.6 Å². The van der Waals surface area contributed by atoms with Crippen molar-refractivity contribution in [2.24, 2.45) is 5.10 Å². The number of aromatic nitrogens is 2. The lowest BCUT2D eigenvalue weighted by Crippen LogP contribution is -2.20. The summed E-state index contributed by atoms with van der Waals surface area (Å²) in [6.07, 6.45) is 1.32. The molecule has 0 spiro atoms.